The monoisotopic (exact) mass is 224 g/mol. The topological polar surface area (TPSA) is 34.2 Å². The van der Waals surface area contributed by atoms with Gasteiger partial charge in [0.05, 0.1) is 24.4 Å². The Balaban J connectivity index is 1.75. The van der Waals surface area contributed by atoms with Crippen molar-refractivity contribution in [1.82, 2.24) is 10.3 Å². The first-order valence-electron chi connectivity index (χ1n) is 5.21. The van der Waals surface area contributed by atoms with Gasteiger partial charge in [-0.15, -0.1) is 11.3 Å². The molecule has 0 spiro atoms. The molecule has 1 aliphatic rings. The largest absolute Gasteiger partial charge is 0.377 e. The van der Waals surface area contributed by atoms with Gasteiger partial charge in [-0.1, -0.05) is 6.08 Å². The fourth-order valence-electron chi connectivity index (χ4n) is 1.56. The average molecular weight is 224 g/mol. The number of hydrogen-bond donors (Lipinski definition) is 1. The highest BCUT2D eigenvalue weighted by molar-refractivity contribution is 7.09. The number of nitrogens with one attached hydrogen (secondary N) is 1. The van der Waals surface area contributed by atoms with Crippen LogP contribution in [0.3, 0.4) is 0 Å². The van der Waals surface area contributed by atoms with E-state index in [-0.39, 0.29) is 0 Å². The van der Waals surface area contributed by atoms with Gasteiger partial charge < -0.3 is 10.1 Å². The maximum absolute atomic E-state index is 5.38. The maximum Gasteiger partial charge on any atom is 0.0798 e. The molecule has 0 bridgehead atoms. The molecular weight excluding hydrogens is 208 g/mol. The molecule has 82 valence electrons. The molecule has 0 amide bonds. The Morgan fingerprint density at radius 2 is 2.47 bits per heavy atom. The van der Waals surface area contributed by atoms with E-state index in [1.807, 2.05) is 5.51 Å². The molecule has 3 nitrogen and oxygen atoms in total. The summed E-state index contributed by atoms with van der Waals surface area (Å²) in [7, 11) is 0. The summed E-state index contributed by atoms with van der Waals surface area (Å²) < 4.78 is 5.38. The highest BCUT2D eigenvalue weighted by Gasteiger charge is 2.04. The fraction of sp³-hybridized carbons (Fsp3) is 0.545. The predicted molar refractivity (Wildman–Crippen MR) is 62.1 cm³/mol. The van der Waals surface area contributed by atoms with Gasteiger partial charge in [-0.2, -0.15) is 0 Å². The minimum Gasteiger partial charge on any atom is -0.377 e. The van der Waals surface area contributed by atoms with Crippen LogP contribution in [0, 0.1) is 6.92 Å². The summed E-state index contributed by atoms with van der Waals surface area (Å²) in [5, 5.41) is 3.42. The molecule has 0 fully saturated rings. The zero-order valence-electron chi connectivity index (χ0n) is 8.95. The smallest absolute Gasteiger partial charge is 0.0798 e. The lowest BCUT2D eigenvalue weighted by Crippen LogP contribution is -2.20. The number of hydrogen-bond acceptors (Lipinski definition) is 4. The molecule has 2 heterocycles. The van der Waals surface area contributed by atoms with Crippen molar-refractivity contribution in [1.29, 1.82) is 0 Å². The van der Waals surface area contributed by atoms with Gasteiger partial charge >= 0.3 is 0 Å². The van der Waals surface area contributed by atoms with E-state index in [4.69, 9.17) is 4.74 Å². The summed E-state index contributed by atoms with van der Waals surface area (Å²) in [4.78, 5) is 5.55. The maximum atomic E-state index is 5.38. The standard InChI is InChI=1S/C11H16N2OS/c1-9-11(15-8-13-9)6-12-5-10-3-2-4-14-7-10/h3,8,12H,2,4-7H2,1H3. The van der Waals surface area contributed by atoms with Crippen LogP contribution < -0.4 is 5.32 Å². The van der Waals surface area contributed by atoms with E-state index in [0.717, 1.165) is 38.4 Å². The van der Waals surface area contributed by atoms with Crippen LogP contribution in [0.25, 0.3) is 0 Å². The van der Waals surface area contributed by atoms with Gasteiger partial charge in [0, 0.05) is 18.0 Å². The second kappa shape index (κ2) is 5.39. The van der Waals surface area contributed by atoms with Crippen LogP contribution in [0.5, 0.6) is 0 Å². The highest BCUT2D eigenvalue weighted by Crippen LogP contribution is 2.11. The van der Waals surface area contributed by atoms with Crippen molar-refractivity contribution in [3.8, 4) is 0 Å². The van der Waals surface area contributed by atoms with Gasteiger partial charge in [0.1, 0.15) is 0 Å². The lowest BCUT2D eigenvalue weighted by Gasteiger charge is -2.13. The Morgan fingerprint density at radius 1 is 1.53 bits per heavy atom. The molecule has 0 atom stereocenters. The number of aryl methyl sites for hydroxylation is 1. The van der Waals surface area contributed by atoms with Crippen LogP contribution in [-0.4, -0.2) is 24.7 Å². The zero-order valence-corrected chi connectivity index (χ0v) is 9.77. The minimum atomic E-state index is 0.786. The Bertz CT molecular complexity index is 346. The third-order valence-electron chi connectivity index (χ3n) is 2.47. The molecule has 1 aliphatic heterocycles. The Labute approximate surface area is 94.2 Å². The number of aromatic nitrogens is 1. The lowest BCUT2D eigenvalue weighted by molar-refractivity contribution is 0.149. The molecule has 0 unspecified atom stereocenters. The van der Waals surface area contributed by atoms with Crippen molar-refractivity contribution in [3.05, 3.63) is 27.7 Å². The summed E-state index contributed by atoms with van der Waals surface area (Å²) in [6.45, 7) is 5.55. The van der Waals surface area contributed by atoms with Gasteiger partial charge in [0.2, 0.25) is 0 Å². The second-order valence-electron chi connectivity index (χ2n) is 3.67. The Kier molecular flexibility index (Phi) is 3.88. The van der Waals surface area contributed by atoms with E-state index in [1.54, 1.807) is 11.3 Å². The quantitative estimate of drug-likeness (QED) is 0.793. The molecule has 1 aromatic heterocycles. The molecule has 0 aliphatic carbocycles. The van der Waals surface area contributed by atoms with Gasteiger partial charge in [-0.05, 0) is 18.9 Å². The first-order chi connectivity index (χ1) is 7.36. The molecule has 0 saturated carbocycles. The van der Waals surface area contributed by atoms with Crippen LogP contribution in [0.15, 0.2) is 17.2 Å². The summed E-state index contributed by atoms with van der Waals surface area (Å²) in [5.74, 6) is 0. The van der Waals surface area contributed by atoms with Crippen LogP contribution in [0.2, 0.25) is 0 Å². The van der Waals surface area contributed by atoms with Crippen molar-refractivity contribution in [2.45, 2.75) is 19.9 Å². The van der Waals surface area contributed by atoms with Crippen molar-refractivity contribution in [3.63, 3.8) is 0 Å². The summed E-state index contributed by atoms with van der Waals surface area (Å²) in [6, 6.07) is 0. The van der Waals surface area contributed by atoms with Gasteiger partial charge in [-0.3, -0.25) is 0 Å². The van der Waals surface area contributed by atoms with E-state index in [1.165, 1.54) is 10.5 Å². The normalized spacial score (nSPS) is 16.5. The SMILES string of the molecule is Cc1ncsc1CNCC1=CCCOC1. The van der Waals surface area contributed by atoms with Crippen LogP contribution in [0.4, 0.5) is 0 Å². The Morgan fingerprint density at radius 3 is 3.13 bits per heavy atom. The zero-order chi connectivity index (χ0) is 10.5. The second-order valence-corrected chi connectivity index (χ2v) is 4.61. The van der Waals surface area contributed by atoms with Gasteiger partial charge in [0.25, 0.3) is 0 Å². The number of ether oxygens (including phenoxy) is 1. The van der Waals surface area contributed by atoms with E-state index >= 15 is 0 Å². The van der Waals surface area contributed by atoms with Gasteiger partial charge in [0.15, 0.2) is 0 Å². The summed E-state index contributed by atoms with van der Waals surface area (Å²) >= 11 is 1.71. The first-order valence-corrected chi connectivity index (χ1v) is 6.09. The van der Waals surface area contributed by atoms with Crippen molar-refractivity contribution in [2.24, 2.45) is 0 Å². The predicted octanol–water partition coefficient (Wildman–Crippen LogP) is 1.89. The van der Waals surface area contributed by atoms with Crippen molar-refractivity contribution >= 4 is 11.3 Å². The number of rotatable bonds is 4. The van der Waals surface area contributed by atoms with Crippen molar-refractivity contribution in [2.75, 3.05) is 19.8 Å². The van der Waals surface area contributed by atoms with Crippen LogP contribution in [0.1, 0.15) is 17.0 Å². The van der Waals surface area contributed by atoms with Crippen molar-refractivity contribution < 1.29 is 4.74 Å². The average Bonchev–Trinajstić information content (AvgIpc) is 2.66. The fourth-order valence-corrected chi connectivity index (χ4v) is 2.31. The minimum absolute atomic E-state index is 0.786. The summed E-state index contributed by atoms with van der Waals surface area (Å²) in [6.07, 6.45) is 3.33. The van der Waals surface area contributed by atoms with Crippen LogP contribution >= 0.6 is 11.3 Å². The molecular formula is C11H16N2OS. The third-order valence-corrected chi connectivity index (χ3v) is 3.40. The number of nitrogens with zero attached hydrogens (tertiary/aromatic N) is 1. The highest BCUT2D eigenvalue weighted by atomic mass is 32.1. The lowest BCUT2D eigenvalue weighted by atomic mass is 10.2. The molecule has 0 saturated heterocycles. The molecule has 0 aromatic carbocycles. The molecule has 1 N–H and O–H groups in total. The number of thiazole rings is 1. The van der Waals surface area contributed by atoms with E-state index in [9.17, 15) is 0 Å². The Hall–Kier alpha value is -0.710. The van der Waals surface area contributed by atoms with Crippen LogP contribution in [-0.2, 0) is 11.3 Å². The van der Waals surface area contributed by atoms with Gasteiger partial charge in [-0.25, -0.2) is 4.98 Å². The molecule has 4 heteroatoms. The summed E-state index contributed by atoms with van der Waals surface area (Å²) in [5.41, 5.74) is 4.40. The molecule has 0 radical (unpaired) electrons. The third kappa shape index (κ3) is 3.12. The molecule has 15 heavy (non-hydrogen) atoms. The van der Waals surface area contributed by atoms with E-state index < -0.39 is 0 Å². The molecule has 2 rings (SSSR count). The first kappa shape index (κ1) is 10.8. The molecule has 1 aromatic rings. The van der Waals surface area contributed by atoms with E-state index in [2.05, 4.69) is 23.3 Å². The van der Waals surface area contributed by atoms with E-state index in [0.29, 0.717) is 0 Å².